The molecule has 0 saturated carbocycles. The molecule has 0 spiro atoms. The summed E-state index contributed by atoms with van der Waals surface area (Å²) in [6, 6.07) is 27.6. The summed E-state index contributed by atoms with van der Waals surface area (Å²) >= 11 is 0. The molecular formula is C33H30F3NO5. The van der Waals surface area contributed by atoms with Crippen LogP contribution in [-0.2, 0) is 46.7 Å². The van der Waals surface area contributed by atoms with Gasteiger partial charge in [0, 0.05) is 18.7 Å². The monoisotopic (exact) mass is 577 g/mol. The number of carboxylic acids is 1. The van der Waals surface area contributed by atoms with Gasteiger partial charge in [-0.15, -0.1) is 0 Å². The van der Waals surface area contributed by atoms with E-state index in [0.717, 1.165) is 22.8 Å². The third kappa shape index (κ3) is 8.68. The molecule has 4 rings (SSSR count). The third-order valence-corrected chi connectivity index (χ3v) is 6.46. The fraction of sp³-hybridized carbons (Fsp3) is 0.212. The van der Waals surface area contributed by atoms with Crippen molar-refractivity contribution in [2.75, 3.05) is 6.54 Å². The molecule has 4 aromatic carbocycles. The Bertz CT molecular complexity index is 1490. The van der Waals surface area contributed by atoms with Crippen molar-refractivity contribution < 1.29 is 37.3 Å². The highest BCUT2D eigenvalue weighted by Crippen LogP contribution is 2.41. The van der Waals surface area contributed by atoms with Crippen LogP contribution in [-0.4, -0.2) is 23.6 Å². The van der Waals surface area contributed by atoms with Crippen LogP contribution >= 0.6 is 0 Å². The molecule has 0 bridgehead atoms. The van der Waals surface area contributed by atoms with E-state index in [9.17, 15) is 27.9 Å². The Hall–Kier alpha value is -4.63. The second-order valence-electron chi connectivity index (χ2n) is 9.58. The predicted molar refractivity (Wildman–Crippen MR) is 152 cm³/mol. The zero-order chi connectivity index (χ0) is 30.0. The first-order chi connectivity index (χ1) is 20.2. The van der Waals surface area contributed by atoms with Gasteiger partial charge in [0.15, 0.2) is 0 Å². The number of hydrogen-bond acceptors (Lipinski definition) is 5. The van der Waals surface area contributed by atoms with E-state index in [4.69, 9.17) is 9.47 Å². The van der Waals surface area contributed by atoms with Crippen molar-refractivity contribution in [3.05, 3.63) is 125 Å². The lowest BCUT2D eigenvalue weighted by Gasteiger charge is -2.20. The average Bonchev–Trinajstić information content (AvgIpc) is 2.98. The van der Waals surface area contributed by atoms with Gasteiger partial charge in [-0.3, -0.25) is 9.59 Å². The molecule has 9 heteroatoms. The molecule has 218 valence electrons. The fourth-order valence-corrected chi connectivity index (χ4v) is 4.42. The summed E-state index contributed by atoms with van der Waals surface area (Å²) in [7, 11) is 0. The van der Waals surface area contributed by atoms with Crippen LogP contribution in [0.15, 0.2) is 97.1 Å². The Morgan fingerprint density at radius 3 is 2.02 bits per heavy atom. The number of hydrogen-bond donors (Lipinski definition) is 2. The zero-order valence-electron chi connectivity index (χ0n) is 22.7. The second-order valence-corrected chi connectivity index (χ2v) is 9.58. The first-order valence-electron chi connectivity index (χ1n) is 13.3. The van der Waals surface area contributed by atoms with Gasteiger partial charge < -0.3 is 19.9 Å². The van der Waals surface area contributed by atoms with Gasteiger partial charge in [0.2, 0.25) is 0 Å². The molecule has 4 aromatic rings. The molecule has 0 aliphatic rings. The van der Waals surface area contributed by atoms with Gasteiger partial charge in [0.1, 0.15) is 19.0 Å². The molecule has 0 aliphatic heterocycles. The molecule has 0 atom stereocenters. The van der Waals surface area contributed by atoms with Gasteiger partial charge in [-0.1, -0.05) is 84.9 Å². The quantitative estimate of drug-likeness (QED) is 0.134. The molecule has 0 aromatic heterocycles. The van der Waals surface area contributed by atoms with Gasteiger partial charge in [-0.2, -0.15) is 13.2 Å². The molecule has 0 heterocycles. The number of carbonyl (C=O) groups is 2. The van der Waals surface area contributed by atoms with Gasteiger partial charge in [0.05, 0.1) is 18.4 Å². The van der Waals surface area contributed by atoms with Gasteiger partial charge in [-0.25, -0.2) is 0 Å². The molecule has 0 fully saturated rings. The van der Waals surface area contributed by atoms with Crippen molar-refractivity contribution in [1.29, 1.82) is 0 Å². The predicted octanol–water partition coefficient (Wildman–Crippen LogP) is 6.80. The minimum atomic E-state index is -4.77. The number of halogens is 3. The summed E-state index contributed by atoms with van der Waals surface area (Å²) in [6.07, 6.45) is -5.44. The van der Waals surface area contributed by atoms with Crippen molar-refractivity contribution in [2.45, 2.75) is 38.8 Å². The van der Waals surface area contributed by atoms with Crippen LogP contribution in [0, 0.1) is 0 Å². The van der Waals surface area contributed by atoms with Gasteiger partial charge in [0.25, 0.3) is 0 Å². The Kier molecular flexibility index (Phi) is 10.3. The average molecular weight is 578 g/mol. The summed E-state index contributed by atoms with van der Waals surface area (Å²) in [5.74, 6) is -1.76. The molecule has 2 N–H and O–H groups in total. The van der Waals surface area contributed by atoms with Crippen LogP contribution in [0.5, 0.6) is 5.75 Å². The minimum Gasteiger partial charge on any atom is -0.488 e. The number of ether oxygens (including phenoxy) is 2. The number of nitrogens with one attached hydrogen (secondary N) is 1. The summed E-state index contributed by atoms with van der Waals surface area (Å²) in [4.78, 5) is 23.6. The Labute approximate surface area is 241 Å². The van der Waals surface area contributed by atoms with E-state index < -0.39 is 24.1 Å². The van der Waals surface area contributed by atoms with E-state index in [1.165, 1.54) is 6.07 Å². The summed E-state index contributed by atoms with van der Waals surface area (Å²) in [6.45, 7) is 0.821. The Morgan fingerprint density at radius 2 is 1.38 bits per heavy atom. The number of benzene rings is 4. The van der Waals surface area contributed by atoms with Crippen LogP contribution in [0.1, 0.15) is 34.2 Å². The number of aliphatic carboxylic acids is 1. The number of carbonyl (C=O) groups excluding carboxylic acids is 1. The van der Waals surface area contributed by atoms with Crippen molar-refractivity contribution in [2.24, 2.45) is 0 Å². The molecule has 0 amide bonds. The lowest BCUT2D eigenvalue weighted by atomic mass is 9.93. The maximum Gasteiger partial charge on any atom is 0.416 e. The molecule has 42 heavy (non-hydrogen) atoms. The third-order valence-electron chi connectivity index (χ3n) is 6.46. The number of esters is 1. The maximum absolute atomic E-state index is 14.0. The minimum absolute atomic E-state index is 0.0164. The van der Waals surface area contributed by atoms with Gasteiger partial charge >= 0.3 is 18.1 Å². The van der Waals surface area contributed by atoms with Crippen molar-refractivity contribution in [3.63, 3.8) is 0 Å². The van der Waals surface area contributed by atoms with Crippen LogP contribution < -0.4 is 10.1 Å². The van der Waals surface area contributed by atoms with Gasteiger partial charge in [-0.05, 0) is 39.9 Å². The van der Waals surface area contributed by atoms with Crippen LogP contribution in [0.2, 0.25) is 0 Å². The summed E-state index contributed by atoms with van der Waals surface area (Å²) in [5.41, 5.74) is 1.90. The number of carboxylic acid groups (broad SMARTS) is 1. The molecule has 0 aliphatic carbocycles. The highest BCUT2D eigenvalue weighted by atomic mass is 19.4. The lowest BCUT2D eigenvalue weighted by molar-refractivity contribution is -0.145. The number of rotatable bonds is 13. The maximum atomic E-state index is 14.0. The van der Waals surface area contributed by atoms with E-state index in [0.29, 0.717) is 24.2 Å². The lowest BCUT2D eigenvalue weighted by Crippen LogP contribution is -2.19. The Morgan fingerprint density at radius 1 is 0.762 bits per heavy atom. The molecule has 0 radical (unpaired) electrons. The molecule has 0 saturated heterocycles. The largest absolute Gasteiger partial charge is 0.488 e. The highest BCUT2D eigenvalue weighted by molar-refractivity contribution is 5.78. The van der Waals surface area contributed by atoms with Crippen molar-refractivity contribution >= 4 is 11.9 Å². The topological polar surface area (TPSA) is 84.9 Å². The normalized spacial score (nSPS) is 11.2. The highest BCUT2D eigenvalue weighted by Gasteiger charge is 2.35. The Balaban J connectivity index is 1.55. The van der Waals surface area contributed by atoms with Crippen LogP contribution in [0.25, 0.3) is 11.1 Å². The molecule has 6 nitrogen and oxygen atoms in total. The van der Waals surface area contributed by atoms with E-state index in [1.54, 1.807) is 42.5 Å². The first kappa shape index (κ1) is 30.3. The van der Waals surface area contributed by atoms with Crippen LogP contribution in [0.3, 0.4) is 0 Å². The van der Waals surface area contributed by atoms with E-state index in [-0.39, 0.29) is 36.9 Å². The standard InChI is InChI=1S/C33H30F3NO5/c34-33(35,36)29-19-30(41-21-23-9-3-1-4-10-23)28(17-26(29)18-31(38)39)27-14-8-7-13-25(27)20-37-16-15-32(40)42-22-24-11-5-2-6-12-24/h1-14,17,19,37H,15-16,18,20-22H2,(H,38,39). The molecule has 0 unspecified atom stereocenters. The molecular weight excluding hydrogens is 547 g/mol. The first-order valence-corrected chi connectivity index (χ1v) is 13.3. The summed E-state index contributed by atoms with van der Waals surface area (Å²) < 4.78 is 53.2. The smallest absolute Gasteiger partial charge is 0.416 e. The SMILES string of the molecule is O=C(O)Cc1cc(-c2ccccc2CNCCC(=O)OCc2ccccc2)c(OCc2ccccc2)cc1C(F)(F)F. The van der Waals surface area contributed by atoms with Crippen molar-refractivity contribution in [3.8, 4) is 16.9 Å². The van der Waals surface area contributed by atoms with E-state index in [1.807, 2.05) is 42.5 Å². The van der Waals surface area contributed by atoms with E-state index in [2.05, 4.69) is 5.32 Å². The number of alkyl halides is 3. The van der Waals surface area contributed by atoms with Crippen LogP contribution in [0.4, 0.5) is 13.2 Å². The van der Waals surface area contributed by atoms with E-state index >= 15 is 0 Å². The second kappa shape index (κ2) is 14.3. The van der Waals surface area contributed by atoms with Crippen molar-refractivity contribution in [1.82, 2.24) is 5.32 Å². The summed E-state index contributed by atoms with van der Waals surface area (Å²) in [5, 5.41) is 12.5. The fourth-order valence-electron chi connectivity index (χ4n) is 4.42. The zero-order valence-corrected chi connectivity index (χ0v) is 22.7.